The summed E-state index contributed by atoms with van der Waals surface area (Å²) in [5.41, 5.74) is 6.96. The molecule has 0 aliphatic carbocycles. The summed E-state index contributed by atoms with van der Waals surface area (Å²) in [6.45, 7) is 6.26. The van der Waals surface area contributed by atoms with Gasteiger partial charge in [-0.15, -0.1) is 22.7 Å². The molecule has 0 bridgehead atoms. The van der Waals surface area contributed by atoms with Crippen LogP contribution < -0.4 is 11.3 Å². The van der Waals surface area contributed by atoms with Gasteiger partial charge in [-0.3, -0.25) is 9.78 Å². The molecule has 0 amide bonds. The molecule has 3 N–H and O–H groups in total. The number of carbonyl (C=O) groups is 1. The zero-order chi connectivity index (χ0) is 22.4. The number of fused-ring (bicyclic) bond motifs is 1. The number of H-pyrrole nitrogens is 1. The lowest BCUT2D eigenvalue weighted by atomic mass is 10.2. The third kappa shape index (κ3) is 5.36. The zero-order valence-corrected chi connectivity index (χ0v) is 19.2. The van der Waals surface area contributed by atoms with E-state index in [4.69, 9.17) is 10.5 Å². The van der Waals surface area contributed by atoms with E-state index in [9.17, 15) is 9.59 Å². The fourth-order valence-corrected chi connectivity index (χ4v) is 4.63. The van der Waals surface area contributed by atoms with Crippen LogP contribution in [-0.2, 0) is 17.6 Å². The van der Waals surface area contributed by atoms with Gasteiger partial charge in [-0.05, 0) is 44.0 Å². The van der Waals surface area contributed by atoms with Gasteiger partial charge < -0.3 is 15.5 Å². The Hall–Kier alpha value is -3.04. The van der Waals surface area contributed by atoms with Gasteiger partial charge in [-0.2, -0.15) is 0 Å². The summed E-state index contributed by atoms with van der Waals surface area (Å²) < 4.78 is 4.85. The Morgan fingerprint density at radius 3 is 2.39 bits per heavy atom. The topological polar surface area (TPSA) is 111 Å². The number of hydrogen-bond acceptors (Lipinski definition) is 8. The smallest absolute Gasteiger partial charge is 0.341 e. The number of rotatable bonds is 5. The van der Waals surface area contributed by atoms with E-state index in [1.165, 1.54) is 16.2 Å². The average molecular weight is 457 g/mol. The van der Waals surface area contributed by atoms with Gasteiger partial charge in [-0.1, -0.05) is 13.8 Å². The van der Waals surface area contributed by atoms with Crippen LogP contribution in [-0.4, -0.2) is 27.5 Å². The first-order valence-electron chi connectivity index (χ1n) is 9.95. The van der Waals surface area contributed by atoms with Gasteiger partial charge in [0.05, 0.1) is 17.6 Å². The van der Waals surface area contributed by atoms with Gasteiger partial charge >= 0.3 is 5.97 Å². The van der Waals surface area contributed by atoms with E-state index in [1.54, 1.807) is 36.7 Å². The molecule has 4 aromatic heterocycles. The molecule has 0 fully saturated rings. The maximum absolute atomic E-state index is 12.0. The van der Waals surface area contributed by atoms with Gasteiger partial charge in [-0.25, -0.2) is 9.78 Å². The fraction of sp³-hybridized carbons (Fsp3) is 0.273. The zero-order valence-electron chi connectivity index (χ0n) is 17.6. The highest BCUT2D eigenvalue weighted by molar-refractivity contribution is 7.18. The van der Waals surface area contributed by atoms with Crippen molar-refractivity contribution in [3.8, 4) is 11.4 Å². The Balaban J connectivity index is 0.000000187. The molecule has 0 atom stereocenters. The van der Waals surface area contributed by atoms with Crippen LogP contribution in [0.4, 0.5) is 5.00 Å². The Morgan fingerprint density at radius 1 is 1.10 bits per heavy atom. The van der Waals surface area contributed by atoms with E-state index >= 15 is 0 Å². The molecule has 4 aromatic rings. The van der Waals surface area contributed by atoms with Crippen LogP contribution in [0.15, 0.2) is 41.5 Å². The quantitative estimate of drug-likeness (QED) is 0.422. The molecule has 31 heavy (non-hydrogen) atoms. The normalized spacial score (nSPS) is 10.5. The predicted octanol–water partition coefficient (Wildman–Crippen LogP) is 4.68. The second-order valence-electron chi connectivity index (χ2n) is 6.50. The number of thiophene rings is 2. The summed E-state index contributed by atoms with van der Waals surface area (Å²) in [7, 11) is 0. The van der Waals surface area contributed by atoms with Crippen LogP contribution in [0.1, 0.15) is 40.9 Å². The molecule has 9 heteroatoms. The van der Waals surface area contributed by atoms with Crippen molar-refractivity contribution in [2.24, 2.45) is 0 Å². The first-order valence-corrected chi connectivity index (χ1v) is 11.6. The van der Waals surface area contributed by atoms with Gasteiger partial charge in [0.1, 0.15) is 15.7 Å². The van der Waals surface area contributed by atoms with Crippen LogP contribution in [0.25, 0.3) is 21.6 Å². The Bertz CT molecular complexity index is 1230. The lowest BCUT2D eigenvalue weighted by molar-refractivity contribution is 0.0528. The molecular weight excluding hydrogens is 432 g/mol. The van der Waals surface area contributed by atoms with Gasteiger partial charge in [0.25, 0.3) is 5.56 Å². The summed E-state index contributed by atoms with van der Waals surface area (Å²) in [5.74, 6) is 0.273. The minimum atomic E-state index is -0.323. The second kappa shape index (κ2) is 10.3. The number of ether oxygens (including phenoxy) is 1. The summed E-state index contributed by atoms with van der Waals surface area (Å²) in [6, 6.07) is 7.39. The molecule has 0 spiro atoms. The second-order valence-corrected chi connectivity index (χ2v) is 8.78. The van der Waals surface area contributed by atoms with Gasteiger partial charge in [0, 0.05) is 27.7 Å². The third-order valence-corrected chi connectivity index (χ3v) is 6.69. The van der Waals surface area contributed by atoms with Crippen LogP contribution in [0, 0.1) is 0 Å². The molecule has 0 saturated carbocycles. The number of carbonyl (C=O) groups excluding carboxylic acids is 1. The minimum Gasteiger partial charge on any atom is -0.462 e. The lowest BCUT2D eigenvalue weighted by Crippen LogP contribution is -2.07. The van der Waals surface area contributed by atoms with E-state index in [2.05, 4.69) is 21.9 Å². The number of aromatic amines is 1. The number of hydrogen-bond donors (Lipinski definition) is 2. The molecule has 0 unspecified atom stereocenters. The number of esters is 1. The number of nitrogen functional groups attached to an aromatic ring is 1. The van der Waals surface area contributed by atoms with Crippen LogP contribution >= 0.6 is 22.7 Å². The van der Waals surface area contributed by atoms with Gasteiger partial charge in [0.15, 0.2) is 0 Å². The molecule has 4 heterocycles. The SMILES string of the molecule is CCOC(=O)c1cc(CC)sc1N.CCc1cc2c(=O)[nH]c(-c3ccncc3)nc2s1. The van der Waals surface area contributed by atoms with Crippen molar-refractivity contribution in [1.29, 1.82) is 0 Å². The van der Waals surface area contributed by atoms with Crippen molar-refractivity contribution in [3.63, 3.8) is 0 Å². The van der Waals surface area contributed by atoms with Crippen molar-refractivity contribution in [2.45, 2.75) is 33.6 Å². The highest BCUT2D eigenvalue weighted by Gasteiger charge is 2.14. The average Bonchev–Trinajstić information content (AvgIpc) is 3.38. The maximum Gasteiger partial charge on any atom is 0.341 e. The monoisotopic (exact) mass is 456 g/mol. The van der Waals surface area contributed by atoms with Crippen LogP contribution in [0.3, 0.4) is 0 Å². The molecule has 0 saturated heterocycles. The first kappa shape index (κ1) is 22.6. The minimum absolute atomic E-state index is 0.0808. The third-order valence-electron chi connectivity index (χ3n) is 4.41. The standard InChI is InChI=1S/C13H11N3OS.C9H13NO2S/c1-2-9-7-10-12(17)15-11(16-13(10)18-9)8-3-5-14-6-4-8;1-3-6-5-7(8(10)13-6)9(11)12-4-2/h3-7H,2H2,1H3,(H,15,16,17);5H,3-4,10H2,1-2H3. The largest absolute Gasteiger partial charge is 0.462 e. The Kier molecular flexibility index (Phi) is 7.54. The number of aryl methyl sites for hydroxylation is 2. The predicted molar refractivity (Wildman–Crippen MR) is 127 cm³/mol. The molecule has 0 aliphatic heterocycles. The number of pyridine rings is 1. The van der Waals surface area contributed by atoms with E-state index in [1.807, 2.05) is 25.1 Å². The molecule has 7 nitrogen and oxygen atoms in total. The number of nitrogens with one attached hydrogen (secondary N) is 1. The summed E-state index contributed by atoms with van der Waals surface area (Å²) in [5, 5.41) is 1.23. The van der Waals surface area contributed by atoms with Crippen molar-refractivity contribution >= 4 is 43.9 Å². The maximum atomic E-state index is 12.0. The Morgan fingerprint density at radius 2 is 1.77 bits per heavy atom. The van der Waals surface area contributed by atoms with Gasteiger partial charge in [0.2, 0.25) is 0 Å². The highest BCUT2D eigenvalue weighted by atomic mass is 32.1. The molecule has 0 aliphatic rings. The van der Waals surface area contributed by atoms with Crippen LogP contribution in [0.5, 0.6) is 0 Å². The lowest BCUT2D eigenvalue weighted by Gasteiger charge is -1.99. The number of nitrogens with two attached hydrogens (primary N) is 1. The van der Waals surface area contributed by atoms with Crippen LogP contribution in [0.2, 0.25) is 0 Å². The van der Waals surface area contributed by atoms with E-state index < -0.39 is 0 Å². The number of anilines is 1. The molecule has 0 radical (unpaired) electrons. The summed E-state index contributed by atoms with van der Waals surface area (Å²) in [6.07, 6.45) is 5.19. The number of aromatic nitrogens is 3. The van der Waals surface area contributed by atoms with E-state index in [0.717, 1.165) is 28.1 Å². The number of nitrogens with zero attached hydrogens (tertiary/aromatic N) is 2. The Labute approximate surface area is 188 Å². The first-order chi connectivity index (χ1) is 15.0. The summed E-state index contributed by atoms with van der Waals surface area (Å²) in [4.78, 5) is 37.7. The van der Waals surface area contributed by atoms with Crippen molar-refractivity contribution in [2.75, 3.05) is 12.3 Å². The van der Waals surface area contributed by atoms with Crippen molar-refractivity contribution < 1.29 is 9.53 Å². The molecule has 162 valence electrons. The van der Waals surface area contributed by atoms with E-state index in [0.29, 0.717) is 28.4 Å². The highest BCUT2D eigenvalue weighted by Crippen LogP contribution is 2.26. The summed E-state index contributed by atoms with van der Waals surface area (Å²) >= 11 is 3.02. The fourth-order valence-electron chi connectivity index (χ4n) is 2.80. The molecular formula is C22H24N4O3S2. The molecule has 4 rings (SSSR count). The van der Waals surface area contributed by atoms with Crippen molar-refractivity contribution in [1.82, 2.24) is 15.0 Å². The van der Waals surface area contributed by atoms with E-state index in [-0.39, 0.29) is 11.5 Å². The molecule has 0 aromatic carbocycles. The van der Waals surface area contributed by atoms with Crippen molar-refractivity contribution in [3.05, 3.63) is 62.3 Å².